The van der Waals surface area contributed by atoms with Crippen LogP contribution in [-0.4, -0.2) is 29.1 Å². The van der Waals surface area contributed by atoms with Crippen LogP contribution in [0.3, 0.4) is 0 Å². The summed E-state index contributed by atoms with van der Waals surface area (Å²) in [5.41, 5.74) is 1.53. The molecule has 1 amide bonds. The highest BCUT2D eigenvalue weighted by Crippen LogP contribution is 2.20. The van der Waals surface area contributed by atoms with Gasteiger partial charge in [0.25, 0.3) is 11.8 Å². The van der Waals surface area contributed by atoms with Crippen molar-refractivity contribution in [1.29, 1.82) is 0 Å². The smallest absolute Gasteiger partial charge is 0.338 e. The Hall–Kier alpha value is -3.98. The van der Waals surface area contributed by atoms with Crippen molar-refractivity contribution in [3.05, 3.63) is 82.4 Å². The second kappa shape index (κ2) is 9.23. The first kappa shape index (κ1) is 20.3. The van der Waals surface area contributed by atoms with Gasteiger partial charge in [-0.05, 0) is 53.9 Å². The number of thiophene rings is 1. The molecule has 0 aliphatic rings. The number of rotatable bonds is 7. The highest BCUT2D eigenvalue weighted by Gasteiger charge is 2.14. The number of nitrogens with zero attached hydrogens (tertiary/aromatic N) is 2. The molecule has 8 nitrogen and oxygen atoms in total. The Morgan fingerprint density at radius 3 is 2.68 bits per heavy atom. The molecule has 2 heterocycles. The van der Waals surface area contributed by atoms with E-state index < -0.39 is 5.97 Å². The van der Waals surface area contributed by atoms with Crippen molar-refractivity contribution in [3.8, 4) is 17.1 Å². The van der Waals surface area contributed by atoms with Crippen molar-refractivity contribution in [2.75, 3.05) is 12.4 Å². The zero-order valence-electron chi connectivity index (χ0n) is 16.4. The van der Waals surface area contributed by atoms with Crippen molar-refractivity contribution in [2.45, 2.75) is 6.61 Å². The largest absolute Gasteiger partial charge is 0.497 e. The van der Waals surface area contributed by atoms with Gasteiger partial charge in [-0.15, -0.1) is 11.3 Å². The quantitative estimate of drug-likeness (QED) is 0.429. The summed E-state index contributed by atoms with van der Waals surface area (Å²) in [4.78, 5) is 29.4. The Balaban J connectivity index is 1.36. The van der Waals surface area contributed by atoms with E-state index in [-0.39, 0.29) is 18.4 Å². The molecule has 2 aromatic heterocycles. The van der Waals surface area contributed by atoms with E-state index in [4.69, 9.17) is 14.0 Å². The van der Waals surface area contributed by atoms with Crippen LogP contribution in [-0.2, 0) is 11.3 Å². The molecule has 0 aliphatic carbocycles. The number of ether oxygens (including phenoxy) is 2. The zero-order valence-corrected chi connectivity index (χ0v) is 17.2. The van der Waals surface area contributed by atoms with Gasteiger partial charge < -0.3 is 19.3 Å². The monoisotopic (exact) mass is 435 g/mol. The average molecular weight is 435 g/mol. The van der Waals surface area contributed by atoms with Crippen molar-refractivity contribution in [2.24, 2.45) is 0 Å². The summed E-state index contributed by atoms with van der Waals surface area (Å²) in [5, 5.41) is 8.48. The van der Waals surface area contributed by atoms with Gasteiger partial charge in [-0.1, -0.05) is 17.3 Å². The second-order valence-electron chi connectivity index (χ2n) is 6.33. The van der Waals surface area contributed by atoms with Crippen LogP contribution in [0, 0.1) is 0 Å². The van der Waals surface area contributed by atoms with Crippen LogP contribution >= 0.6 is 11.3 Å². The molecule has 0 saturated heterocycles. The minimum absolute atomic E-state index is 0.168. The molecule has 2 aromatic carbocycles. The van der Waals surface area contributed by atoms with E-state index in [1.54, 1.807) is 67.8 Å². The third kappa shape index (κ3) is 4.96. The van der Waals surface area contributed by atoms with Crippen molar-refractivity contribution in [1.82, 2.24) is 10.1 Å². The standard InChI is InChI=1S/C22H17N3O5S/c1-28-17-9-7-14(8-10-17)20-24-19(30-25-20)13-29-22(27)15-4-2-5-16(12-15)23-21(26)18-6-3-11-31-18/h2-12H,13H2,1H3,(H,23,26). The summed E-state index contributed by atoms with van der Waals surface area (Å²) in [6.07, 6.45) is 0. The summed E-state index contributed by atoms with van der Waals surface area (Å²) < 4.78 is 15.5. The number of anilines is 1. The van der Waals surface area contributed by atoms with Gasteiger partial charge in [0.2, 0.25) is 5.82 Å². The van der Waals surface area contributed by atoms with E-state index in [1.165, 1.54) is 11.3 Å². The molecular formula is C22H17N3O5S. The maximum atomic E-state index is 12.4. The molecule has 0 saturated carbocycles. The summed E-state index contributed by atoms with van der Waals surface area (Å²) >= 11 is 1.34. The lowest BCUT2D eigenvalue weighted by molar-refractivity contribution is 0.0429. The molecule has 0 radical (unpaired) electrons. The van der Waals surface area contributed by atoms with E-state index >= 15 is 0 Å². The lowest BCUT2D eigenvalue weighted by Gasteiger charge is -2.06. The van der Waals surface area contributed by atoms with Crippen LogP contribution in [0.15, 0.2) is 70.6 Å². The highest BCUT2D eigenvalue weighted by molar-refractivity contribution is 7.12. The molecule has 0 fully saturated rings. The normalized spacial score (nSPS) is 10.5. The fourth-order valence-electron chi connectivity index (χ4n) is 2.71. The molecule has 4 rings (SSSR count). The van der Waals surface area contributed by atoms with Crippen LogP contribution in [0.1, 0.15) is 25.9 Å². The van der Waals surface area contributed by atoms with E-state index in [2.05, 4.69) is 15.5 Å². The zero-order chi connectivity index (χ0) is 21.6. The minimum atomic E-state index is -0.573. The van der Waals surface area contributed by atoms with Crippen molar-refractivity contribution >= 4 is 28.9 Å². The van der Waals surface area contributed by atoms with Crippen LogP contribution < -0.4 is 10.1 Å². The van der Waals surface area contributed by atoms with Gasteiger partial charge in [-0.2, -0.15) is 4.98 Å². The second-order valence-corrected chi connectivity index (χ2v) is 7.28. The molecule has 0 atom stereocenters. The average Bonchev–Trinajstić information content (AvgIpc) is 3.50. The maximum Gasteiger partial charge on any atom is 0.338 e. The van der Waals surface area contributed by atoms with E-state index in [0.717, 1.165) is 11.3 Å². The van der Waals surface area contributed by atoms with Crippen LogP contribution in [0.4, 0.5) is 5.69 Å². The van der Waals surface area contributed by atoms with E-state index in [0.29, 0.717) is 22.0 Å². The van der Waals surface area contributed by atoms with Gasteiger partial charge in [-0.3, -0.25) is 4.79 Å². The highest BCUT2D eigenvalue weighted by atomic mass is 32.1. The lowest BCUT2D eigenvalue weighted by atomic mass is 10.2. The summed E-state index contributed by atoms with van der Waals surface area (Å²) in [7, 11) is 1.59. The first-order chi connectivity index (χ1) is 15.1. The van der Waals surface area contributed by atoms with Gasteiger partial charge in [0, 0.05) is 11.3 Å². The lowest BCUT2D eigenvalue weighted by Crippen LogP contribution is -2.11. The number of esters is 1. The predicted molar refractivity (Wildman–Crippen MR) is 114 cm³/mol. The SMILES string of the molecule is COc1ccc(-c2noc(COC(=O)c3cccc(NC(=O)c4cccs4)c3)n2)cc1. The molecule has 0 aliphatic heterocycles. The Morgan fingerprint density at radius 1 is 1.10 bits per heavy atom. The summed E-state index contributed by atoms with van der Waals surface area (Å²) in [6.45, 7) is -0.173. The predicted octanol–water partition coefficient (Wildman–Crippen LogP) is 4.42. The number of aromatic nitrogens is 2. The number of nitrogens with one attached hydrogen (secondary N) is 1. The van der Waals surface area contributed by atoms with Gasteiger partial charge in [0.05, 0.1) is 17.6 Å². The Labute approximate surface area is 181 Å². The molecule has 0 spiro atoms. The van der Waals surface area contributed by atoms with Gasteiger partial charge in [-0.25, -0.2) is 4.79 Å². The molecule has 4 aromatic rings. The molecule has 1 N–H and O–H groups in total. The van der Waals surface area contributed by atoms with Gasteiger partial charge in [0.1, 0.15) is 5.75 Å². The fraction of sp³-hybridized carbons (Fsp3) is 0.0909. The summed E-state index contributed by atoms with van der Waals surface area (Å²) in [6, 6.07) is 17.2. The Bertz CT molecular complexity index is 1190. The minimum Gasteiger partial charge on any atom is -0.497 e. The topological polar surface area (TPSA) is 104 Å². The van der Waals surface area contributed by atoms with Crippen LogP contribution in [0.5, 0.6) is 5.75 Å². The van der Waals surface area contributed by atoms with Gasteiger partial charge >= 0.3 is 5.97 Å². The maximum absolute atomic E-state index is 12.4. The molecule has 0 unspecified atom stereocenters. The number of hydrogen-bond acceptors (Lipinski definition) is 8. The van der Waals surface area contributed by atoms with E-state index in [1.807, 2.05) is 5.38 Å². The number of methoxy groups -OCH3 is 1. The number of hydrogen-bond donors (Lipinski definition) is 1. The molecule has 156 valence electrons. The van der Waals surface area contributed by atoms with Crippen LogP contribution in [0.2, 0.25) is 0 Å². The van der Waals surface area contributed by atoms with Crippen molar-refractivity contribution < 1.29 is 23.6 Å². The summed E-state index contributed by atoms with van der Waals surface area (Å²) in [5.74, 6) is 0.456. The van der Waals surface area contributed by atoms with Crippen molar-refractivity contribution in [3.63, 3.8) is 0 Å². The third-order valence-corrected chi connectivity index (χ3v) is 5.11. The van der Waals surface area contributed by atoms with Crippen LogP contribution in [0.25, 0.3) is 11.4 Å². The number of benzene rings is 2. The number of carbonyl (C=O) groups excluding carboxylic acids is 2. The first-order valence-electron chi connectivity index (χ1n) is 9.21. The fourth-order valence-corrected chi connectivity index (χ4v) is 3.32. The Morgan fingerprint density at radius 2 is 1.94 bits per heavy atom. The molecule has 9 heteroatoms. The molecular weight excluding hydrogens is 418 g/mol. The Kier molecular flexibility index (Phi) is 6.04. The first-order valence-corrected chi connectivity index (χ1v) is 10.1. The van der Waals surface area contributed by atoms with Gasteiger partial charge in [0.15, 0.2) is 6.61 Å². The third-order valence-electron chi connectivity index (χ3n) is 4.24. The number of carbonyl (C=O) groups is 2. The van der Waals surface area contributed by atoms with E-state index in [9.17, 15) is 9.59 Å². The number of amides is 1. The molecule has 31 heavy (non-hydrogen) atoms. The molecule has 0 bridgehead atoms.